The van der Waals surface area contributed by atoms with Gasteiger partial charge in [-0.25, -0.2) is 0 Å². The number of H-pyrrole nitrogens is 2. The first-order valence-electron chi connectivity index (χ1n) is 10.7. The number of benzene rings is 1. The molecule has 1 aliphatic rings. The van der Waals surface area contributed by atoms with Crippen molar-refractivity contribution in [2.24, 2.45) is 0 Å². The van der Waals surface area contributed by atoms with E-state index in [4.69, 9.17) is 4.74 Å². The third-order valence-electron chi connectivity index (χ3n) is 4.92. The van der Waals surface area contributed by atoms with Crippen molar-refractivity contribution in [3.8, 4) is 11.4 Å². The fraction of sp³-hybridized carbons (Fsp3) is 0.478. The van der Waals surface area contributed by atoms with Crippen LogP contribution in [-0.2, 0) is 22.4 Å². The number of ether oxygens (including phenoxy) is 1. The Bertz CT molecular complexity index is 926. The number of hydrogen-bond donors (Lipinski definition) is 3. The van der Waals surface area contributed by atoms with Crippen LogP contribution in [0, 0.1) is 0 Å². The zero-order chi connectivity index (χ0) is 21.4. The molecule has 2 aromatic heterocycles. The first-order chi connectivity index (χ1) is 14.2. The summed E-state index contributed by atoms with van der Waals surface area (Å²) in [6.45, 7) is 9.84. The minimum absolute atomic E-state index is 0.0121. The van der Waals surface area contributed by atoms with Crippen LogP contribution in [0.5, 0.6) is 0 Å². The van der Waals surface area contributed by atoms with Crippen LogP contribution in [0.15, 0.2) is 24.3 Å². The molecule has 0 saturated carbocycles. The highest BCUT2D eigenvalue weighted by atomic mass is 16.5. The summed E-state index contributed by atoms with van der Waals surface area (Å²) in [5.41, 5.74) is 6.19. The van der Waals surface area contributed by atoms with Gasteiger partial charge in [0.15, 0.2) is 0 Å². The van der Waals surface area contributed by atoms with Crippen LogP contribution in [0.3, 0.4) is 0 Å². The monoisotopic (exact) mass is 398 g/mol. The molecule has 3 aromatic rings. The lowest BCUT2D eigenvalue weighted by molar-refractivity contribution is -0.115. The molecule has 6 nitrogen and oxygen atoms in total. The summed E-state index contributed by atoms with van der Waals surface area (Å²) >= 11 is 0. The Morgan fingerprint density at radius 2 is 2.00 bits per heavy atom. The standard InChI is InChI=1S/C19H22N4O2.2C2H6/c1-3-18(24)20-12-5-4-11-8-17(21-16(11)9-12)19-14-10-13(25-2)6-7-15(14)22-23-19;2*1-2/h4-5,8-9,13,21H,3,6-7,10H2,1-2H3,(H,20,24)(H,22,23);2*1-2H3. The van der Waals surface area contributed by atoms with E-state index in [1.807, 2.05) is 52.8 Å². The van der Waals surface area contributed by atoms with Gasteiger partial charge in [0.05, 0.1) is 11.8 Å². The highest BCUT2D eigenvalue weighted by Crippen LogP contribution is 2.32. The normalized spacial score (nSPS) is 14.9. The predicted molar refractivity (Wildman–Crippen MR) is 120 cm³/mol. The molecule has 2 heterocycles. The lowest BCUT2D eigenvalue weighted by Gasteiger charge is -2.20. The minimum Gasteiger partial charge on any atom is -0.381 e. The van der Waals surface area contributed by atoms with E-state index in [0.717, 1.165) is 47.2 Å². The maximum atomic E-state index is 11.6. The number of carbonyl (C=O) groups excluding carboxylic acids is 1. The van der Waals surface area contributed by atoms with Crippen LogP contribution in [0.25, 0.3) is 22.3 Å². The van der Waals surface area contributed by atoms with Crippen molar-refractivity contribution in [2.75, 3.05) is 12.4 Å². The smallest absolute Gasteiger partial charge is 0.224 e. The van der Waals surface area contributed by atoms with Crippen LogP contribution < -0.4 is 5.32 Å². The summed E-state index contributed by atoms with van der Waals surface area (Å²) in [7, 11) is 1.77. The molecular formula is C23H34N4O2. The van der Waals surface area contributed by atoms with E-state index in [2.05, 4.69) is 26.6 Å². The average molecular weight is 399 g/mol. The molecule has 3 N–H and O–H groups in total. The molecule has 4 rings (SSSR count). The minimum atomic E-state index is 0.0121. The van der Waals surface area contributed by atoms with Crippen molar-refractivity contribution in [3.63, 3.8) is 0 Å². The first kappa shape index (κ1) is 22.7. The fourth-order valence-electron chi connectivity index (χ4n) is 3.47. The van der Waals surface area contributed by atoms with Gasteiger partial charge in [-0.05, 0) is 31.0 Å². The highest BCUT2D eigenvalue weighted by Gasteiger charge is 2.24. The number of rotatable bonds is 4. The molecule has 1 aliphatic carbocycles. The fourth-order valence-corrected chi connectivity index (χ4v) is 3.47. The molecule has 29 heavy (non-hydrogen) atoms. The van der Waals surface area contributed by atoms with Crippen molar-refractivity contribution in [1.82, 2.24) is 15.2 Å². The second-order valence-corrected chi connectivity index (χ2v) is 6.52. The third-order valence-corrected chi connectivity index (χ3v) is 4.92. The van der Waals surface area contributed by atoms with Gasteiger partial charge in [0.25, 0.3) is 0 Å². The lowest BCUT2D eigenvalue weighted by atomic mass is 9.92. The maximum absolute atomic E-state index is 11.6. The zero-order valence-electron chi connectivity index (χ0n) is 18.5. The van der Waals surface area contributed by atoms with Crippen molar-refractivity contribution >= 4 is 22.5 Å². The zero-order valence-corrected chi connectivity index (χ0v) is 18.5. The third kappa shape index (κ3) is 5.07. The Labute approximate surface area is 173 Å². The van der Waals surface area contributed by atoms with Crippen LogP contribution in [0.2, 0.25) is 0 Å². The summed E-state index contributed by atoms with van der Waals surface area (Å²) in [6.07, 6.45) is 3.59. The maximum Gasteiger partial charge on any atom is 0.224 e. The van der Waals surface area contributed by atoms with Crippen molar-refractivity contribution in [3.05, 3.63) is 35.5 Å². The number of aromatic amines is 2. The van der Waals surface area contributed by atoms with Gasteiger partial charge in [-0.15, -0.1) is 0 Å². The van der Waals surface area contributed by atoms with E-state index in [9.17, 15) is 4.79 Å². The van der Waals surface area contributed by atoms with Crippen LogP contribution in [0.1, 0.15) is 58.7 Å². The Hall–Kier alpha value is -2.60. The SMILES string of the molecule is CC.CC.CCC(=O)Nc1ccc2cc(-c3n[nH]c4c3CC(OC)CC4)[nH]c2c1. The number of aryl methyl sites for hydroxylation is 1. The molecule has 0 fully saturated rings. The van der Waals surface area contributed by atoms with Gasteiger partial charge >= 0.3 is 0 Å². The van der Waals surface area contributed by atoms with Crippen molar-refractivity contribution in [2.45, 2.75) is 66.4 Å². The van der Waals surface area contributed by atoms with Gasteiger partial charge in [-0.2, -0.15) is 5.10 Å². The van der Waals surface area contributed by atoms with Gasteiger partial charge in [0.2, 0.25) is 5.91 Å². The van der Waals surface area contributed by atoms with Gasteiger partial charge in [-0.1, -0.05) is 40.7 Å². The molecule has 158 valence electrons. The first-order valence-corrected chi connectivity index (χ1v) is 10.7. The van der Waals surface area contributed by atoms with Gasteiger partial charge in [-0.3, -0.25) is 9.89 Å². The molecule has 1 amide bonds. The predicted octanol–water partition coefficient (Wildman–Crippen LogP) is 5.46. The summed E-state index contributed by atoms with van der Waals surface area (Å²) in [5.74, 6) is 0.0121. The van der Waals surface area contributed by atoms with Gasteiger partial charge in [0, 0.05) is 47.8 Å². The molecule has 0 bridgehead atoms. The van der Waals surface area contributed by atoms with Crippen LogP contribution in [-0.4, -0.2) is 34.3 Å². The van der Waals surface area contributed by atoms with E-state index in [1.54, 1.807) is 7.11 Å². The molecule has 0 saturated heterocycles. The summed E-state index contributed by atoms with van der Waals surface area (Å²) < 4.78 is 5.54. The number of aromatic nitrogens is 3. The van der Waals surface area contributed by atoms with E-state index in [1.165, 1.54) is 11.3 Å². The van der Waals surface area contributed by atoms with E-state index in [0.29, 0.717) is 6.42 Å². The second-order valence-electron chi connectivity index (χ2n) is 6.52. The summed E-state index contributed by atoms with van der Waals surface area (Å²) in [6, 6.07) is 8.00. The Balaban J connectivity index is 0.000000707. The second kappa shape index (κ2) is 10.8. The number of anilines is 1. The molecular weight excluding hydrogens is 364 g/mol. The number of fused-ring (bicyclic) bond motifs is 2. The van der Waals surface area contributed by atoms with Crippen LogP contribution >= 0.6 is 0 Å². The molecule has 1 atom stereocenters. The number of methoxy groups -OCH3 is 1. The van der Waals surface area contributed by atoms with Crippen molar-refractivity contribution < 1.29 is 9.53 Å². The average Bonchev–Trinajstić information content (AvgIpc) is 3.39. The highest BCUT2D eigenvalue weighted by molar-refractivity contribution is 5.94. The largest absolute Gasteiger partial charge is 0.381 e. The quantitative estimate of drug-likeness (QED) is 0.545. The number of amides is 1. The van der Waals surface area contributed by atoms with Crippen molar-refractivity contribution in [1.29, 1.82) is 0 Å². The van der Waals surface area contributed by atoms with Gasteiger partial charge < -0.3 is 15.0 Å². The van der Waals surface area contributed by atoms with Crippen LogP contribution in [0.4, 0.5) is 5.69 Å². The number of nitrogens with one attached hydrogen (secondary N) is 3. The molecule has 1 unspecified atom stereocenters. The Kier molecular flexibility index (Phi) is 8.46. The van der Waals surface area contributed by atoms with E-state index >= 15 is 0 Å². The molecule has 6 heteroatoms. The number of nitrogens with zero attached hydrogens (tertiary/aromatic N) is 1. The molecule has 1 aromatic carbocycles. The molecule has 0 radical (unpaired) electrons. The Morgan fingerprint density at radius 1 is 1.24 bits per heavy atom. The van der Waals surface area contributed by atoms with Gasteiger partial charge in [0.1, 0.15) is 5.69 Å². The molecule has 0 spiro atoms. The van der Waals surface area contributed by atoms with E-state index in [-0.39, 0.29) is 12.0 Å². The number of carbonyl (C=O) groups is 1. The molecule has 0 aliphatic heterocycles. The Morgan fingerprint density at radius 3 is 2.69 bits per heavy atom. The number of hydrogen-bond acceptors (Lipinski definition) is 3. The topological polar surface area (TPSA) is 82.8 Å². The summed E-state index contributed by atoms with van der Waals surface area (Å²) in [4.78, 5) is 15.0. The lowest BCUT2D eigenvalue weighted by Crippen LogP contribution is -2.20. The summed E-state index contributed by atoms with van der Waals surface area (Å²) in [5, 5.41) is 11.7. The van der Waals surface area contributed by atoms with E-state index < -0.39 is 0 Å².